The summed E-state index contributed by atoms with van der Waals surface area (Å²) in [6, 6.07) is 14.5. The van der Waals surface area contributed by atoms with Gasteiger partial charge in [0.25, 0.3) is 0 Å². The summed E-state index contributed by atoms with van der Waals surface area (Å²) >= 11 is 2.75. The van der Waals surface area contributed by atoms with Crippen LogP contribution in [0, 0.1) is 5.92 Å². The summed E-state index contributed by atoms with van der Waals surface area (Å²) in [5, 5.41) is 17.6. The number of hydrogen-bond acceptors (Lipinski definition) is 8. The largest absolute Gasteiger partial charge is 0.497 e. The quantitative estimate of drug-likeness (QED) is 0.377. The highest BCUT2D eigenvalue weighted by atomic mass is 32.2. The highest BCUT2D eigenvalue weighted by Gasteiger charge is 2.25. The van der Waals surface area contributed by atoms with Gasteiger partial charge in [0, 0.05) is 24.0 Å². The number of nitrogens with one attached hydrogen (secondary N) is 3. The predicted molar refractivity (Wildman–Crippen MR) is 130 cm³/mol. The molecule has 0 saturated heterocycles. The number of thioether (sulfide) groups is 1. The Morgan fingerprint density at radius 1 is 1.00 bits per heavy atom. The molecule has 1 heterocycles. The van der Waals surface area contributed by atoms with E-state index >= 15 is 0 Å². The number of ether oxygens (including phenoxy) is 1. The first-order valence-electron chi connectivity index (χ1n) is 9.94. The van der Waals surface area contributed by atoms with Gasteiger partial charge in [-0.3, -0.25) is 9.59 Å². The normalized spacial score (nSPS) is 11.7. The Hall–Kier alpha value is -3.11. The molecule has 10 heteroatoms. The highest BCUT2D eigenvalue weighted by Crippen LogP contribution is 2.34. The molecule has 0 spiro atoms. The molecule has 8 nitrogen and oxygen atoms in total. The van der Waals surface area contributed by atoms with Gasteiger partial charge in [0.15, 0.2) is 4.34 Å². The van der Waals surface area contributed by atoms with E-state index in [1.807, 2.05) is 38.1 Å². The molecule has 0 aliphatic carbocycles. The molecule has 32 heavy (non-hydrogen) atoms. The zero-order valence-corrected chi connectivity index (χ0v) is 19.8. The van der Waals surface area contributed by atoms with Crippen LogP contribution in [0.4, 0.5) is 22.2 Å². The number of methoxy groups -OCH3 is 1. The van der Waals surface area contributed by atoms with E-state index in [1.165, 1.54) is 30.0 Å². The number of rotatable bonds is 9. The first-order chi connectivity index (χ1) is 15.3. The summed E-state index contributed by atoms with van der Waals surface area (Å²) in [7, 11) is 1.60. The topological polar surface area (TPSA) is 105 Å². The molecule has 1 aromatic heterocycles. The maximum Gasteiger partial charge on any atom is 0.238 e. The summed E-state index contributed by atoms with van der Waals surface area (Å²) in [5.41, 5.74) is 2.18. The predicted octanol–water partition coefficient (Wildman–Crippen LogP) is 5.00. The maximum atomic E-state index is 12.9. The van der Waals surface area contributed by atoms with Crippen molar-refractivity contribution in [3.8, 4) is 5.75 Å². The van der Waals surface area contributed by atoms with Crippen molar-refractivity contribution in [3.63, 3.8) is 0 Å². The lowest BCUT2D eigenvalue weighted by Gasteiger charge is -2.18. The molecule has 3 rings (SSSR count). The number of benzene rings is 2. The van der Waals surface area contributed by atoms with Crippen molar-refractivity contribution in [1.29, 1.82) is 0 Å². The van der Waals surface area contributed by atoms with Crippen LogP contribution in [0.25, 0.3) is 0 Å². The molecule has 0 bridgehead atoms. The Morgan fingerprint density at radius 3 is 2.38 bits per heavy atom. The number of carbonyl (C=O) groups excluding carboxylic acids is 2. The number of hydrogen-bond donors (Lipinski definition) is 3. The SMILES string of the molecule is COc1ccc(NC(=O)C(Sc2nnc(Nc3cccc(NC(C)=O)c3)s2)C(C)C)cc1. The Balaban J connectivity index is 1.64. The average molecular weight is 472 g/mol. The van der Waals surface area contributed by atoms with Gasteiger partial charge in [-0.15, -0.1) is 10.2 Å². The lowest BCUT2D eigenvalue weighted by atomic mass is 10.1. The Labute approximate surface area is 195 Å². The van der Waals surface area contributed by atoms with E-state index in [-0.39, 0.29) is 23.0 Å². The molecule has 1 unspecified atom stereocenters. The lowest BCUT2D eigenvalue weighted by molar-refractivity contribution is -0.116. The molecule has 0 fully saturated rings. The number of amides is 2. The Bertz CT molecular complexity index is 1070. The molecule has 2 aromatic carbocycles. The van der Waals surface area contributed by atoms with Gasteiger partial charge in [-0.1, -0.05) is 43.0 Å². The fraction of sp³-hybridized carbons (Fsp3) is 0.273. The molecule has 2 amide bonds. The number of nitrogens with zero attached hydrogens (tertiary/aromatic N) is 2. The van der Waals surface area contributed by atoms with Gasteiger partial charge in [0.1, 0.15) is 5.75 Å². The van der Waals surface area contributed by atoms with Crippen molar-refractivity contribution in [2.24, 2.45) is 5.92 Å². The van der Waals surface area contributed by atoms with E-state index in [2.05, 4.69) is 26.1 Å². The van der Waals surface area contributed by atoms with Gasteiger partial charge < -0.3 is 20.7 Å². The molecular weight excluding hydrogens is 446 g/mol. The van der Waals surface area contributed by atoms with Crippen LogP contribution in [-0.2, 0) is 9.59 Å². The van der Waals surface area contributed by atoms with Crippen LogP contribution < -0.4 is 20.7 Å². The van der Waals surface area contributed by atoms with Crippen LogP contribution in [0.3, 0.4) is 0 Å². The van der Waals surface area contributed by atoms with Crippen LogP contribution in [0.5, 0.6) is 5.75 Å². The average Bonchev–Trinajstić information content (AvgIpc) is 3.19. The van der Waals surface area contributed by atoms with E-state index in [0.29, 0.717) is 20.8 Å². The standard InChI is InChI=1S/C22H25N5O3S2/c1-13(2)19(20(29)24-15-8-10-18(30-4)11-9-15)31-22-27-26-21(32-22)25-17-7-5-6-16(12-17)23-14(3)28/h5-13,19H,1-4H3,(H,23,28)(H,24,29)(H,25,26). The van der Waals surface area contributed by atoms with Crippen molar-refractivity contribution in [1.82, 2.24) is 10.2 Å². The molecular formula is C22H25N5O3S2. The van der Waals surface area contributed by atoms with Crippen LogP contribution in [0.1, 0.15) is 20.8 Å². The first-order valence-corrected chi connectivity index (χ1v) is 11.6. The summed E-state index contributed by atoms with van der Waals surface area (Å²) < 4.78 is 5.84. The van der Waals surface area contributed by atoms with Crippen molar-refractivity contribution >= 4 is 57.1 Å². The van der Waals surface area contributed by atoms with Crippen LogP contribution in [0.2, 0.25) is 0 Å². The number of anilines is 4. The number of carbonyl (C=O) groups is 2. The fourth-order valence-corrected chi connectivity index (χ4v) is 4.78. The molecule has 1 atom stereocenters. The van der Waals surface area contributed by atoms with Crippen LogP contribution >= 0.6 is 23.1 Å². The minimum atomic E-state index is -0.332. The first kappa shape index (κ1) is 23.6. The van der Waals surface area contributed by atoms with Gasteiger partial charge in [-0.05, 0) is 48.4 Å². The molecule has 0 aliphatic rings. The molecule has 3 N–H and O–H groups in total. The van der Waals surface area contributed by atoms with Gasteiger partial charge in [-0.25, -0.2) is 0 Å². The van der Waals surface area contributed by atoms with Crippen LogP contribution in [0.15, 0.2) is 52.9 Å². The molecule has 168 valence electrons. The highest BCUT2D eigenvalue weighted by molar-refractivity contribution is 8.02. The van der Waals surface area contributed by atoms with Gasteiger partial charge in [0.2, 0.25) is 16.9 Å². The summed E-state index contributed by atoms with van der Waals surface area (Å²) in [6.07, 6.45) is 0. The second-order valence-corrected chi connectivity index (χ2v) is 9.63. The Kier molecular flexibility index (Phi) is 8.07. The molecule has 0 saturated carbocycles. The van der Waals surface area contributed by atoms with Crippen molar-refractivity contribution in [2.45, 2.75) is 30.4 Å². The zero-order chi connectivity index (χ0) is 23.1. The third-order valence-corrected chi connectivity index (χ3v) is 6.76. The summed E-state index contributed by atoms with van der Waals surface area (Å²) in [5.74, 6) is 0.592. The molecule has 3 aromatic rings. The van der Waals surface area contributed by atoms with E-state index < -0.39 is 0 Å². The third kappa shape index (κ3) is 6.69. The Morgan fingerprint density at radius 2 is 1.72 bits per heavy atom. The monoisotopic (exact) mass is 471 g/mol. The molecule has 0 aliphatic heterocycles. The van der Waals surface area contributed by atoms with Gasteiger partial charge >= 0.3 is 0 Å². The van der Waals surface area contributed by atoms with Crippen LogP contribution in [-0.4, -0.2) is 34.4 Å². The number of aromatic nitrogens is 2. The van der Waals surface area contributed by atoms with Crippen molar-refractivity contribution in [2.75, 3.05) is 23.1 Å². The smallest absolute Gasteiger partial charge is 0.238 e. The van der Waals surface area contributed by atoms with Gasteiger partial charge in [-0.2, -0.15) is 0 Å². The maximum absolute atomic E-state index is 12.9. The fourth-order valence-electron chi connectivity index (χ4n) is 2.80. The van der Waals surface area contributed by atoms with Crippen molar-refractivity contribution < 1.29 is 14.3 Å². The third-order valence-electron chi connectivity index (χ3n) is 4.29. The van der Waals surface area contributed by atoms with E-state index in [0.717, 1.165) is 11.4 Å². The minimum absolute atomic E-state index is 0.0906. The molecule has 0 radical (unpaired) electrons. The van der Waals surface area contributed by atoms with Crippen molar-refractivity contribution in [3.05, 3.63) is 48.5 Å². The minimum Gasteiger partial charge on any atom is -0.497 e. The second kappa shape index (κ2) is 11.0. The van der Waals surface area contributed by atoms with E-state index in [1.54, 1.807) is 31.4 Å². The van der Waals surface area contributed by atoms with E-state index in [4.69, 9.17) is 4.74 Å². The van der Waals surface area contributed by atoms with Gasteiger partial charge in [0.05, 0.1) is 12.4 Å². The summed E-state index contributed by atoms with van der Waals surface area (Å²) in [4.78, 5) is 24.1. The second-order valence-electron chi connectivity index (χ2n) is 7.26. The zero-order valence-electron chi connectivity index (χ0n) is 18.2. The van der Waals surface area contributed by atoms with E-state index in [9.17, 15) is 9.59 Å². The summed E-state index contributed by atoms with van der Waals surface area (Å²) in [6.45, 7) is 5.46. The lowest BCUT2D eigenvalue weighted by Crippen LogP contribution is -2.29.